The molecular weight excluding hydrogens is 368 g/mol. The second-order valence-corrected chi connectivity index (χ2v) is 7.49. The molecule has 0 saturated heterocycles. The van der Waals surface area contributed by atoms with Crippen LogP contribution in [-0.2, 0) is 10.0 Å². The minimum atomic E-state index is -3.85. The van der Waals surface area contributed by atoms with E-state index in [2.05, 4.69) is 10.0 Å². The minimum absolute atomic E-state index is 0.0393. The predicted molar refractivity (Wildman–Crippen MR) is 104 cm³/mol. The Morgan fingerprint density at radius 3 is 2.33 bits per heavy atom. The van der Waals surface area contributed by atoms with Crippen molar-refractivity contribution in [3.05, 3.63) is 48.0 Å². The van der Waals surface area contributed by atoms with Crippen molar-refractivity contribution >= 4 is 21.6 Å². The lowest BCUT2D eigenvalue weighted by Crippen LogP contribution is -2.24. The highest BCUT2D eigenvalue weighted by molar-refractivity contribution is 7.92. The van der Waals surface area contributed by atoms with Crippen LogP contribution >= 0.6 is 0 Å². The Labute approximate surface area is 159 Å². The Bertz CT molecular complexity index is 879. The zero-order chi connectivity index (χ0) is 19.9. The first-order chi connectivity index (χ1) is 12.9. The molecule has 0 unspecified atom stereocenters. The molecule has 146 valence electrons. The minimum Gasteiger partial charge on any atom is -0.497 e. The van der Waals surface area contributed by atoms with Crippen LogP contribution in [0.1, 0.15) is 30.1 Å². The van der Waals surface area contributed by atoms with Gasteiger partial charge in [-0.15, -0.1) is 0 Å². The van der Waals surface area contributed by atoms with Gasteiger partial charge in [-0.3, -0.25) is 9.52 Å². The number of nitrogens with one attached hydrogen (secondary N) is 2. The van der Waals surface area contributed by atoms with Crippen molar-refractivity contribution < 1.29 is 22.7 Å². The molecule has 8 heteroatoms. The van der Waals surface area contributed by atoms with E-state index in [0.29, 0.717) is 23.6 Å². The SMILES string of the molecule is CCCCNC(=O)c1ccc(S(=O)(=O)Nc2cc(OC)ccc2OC)cc1. The molecule has 27 heavy (non-hydrogen) atoms. The number of anilines is 1. The van der Waals surface area contributed by atoms with Crippen LogP contribution < -0.4 is 19.5 Å². The Morgan fingerprint density at radius 2 is 1.74 bits per heavy atom. The first kappa shape index (κ1) is 20.6. The number of rotatable bonds is 9. The van der Waals surface area contributed by atoms with Crippen LogP contribution in [0.4, 0.5) is 5.69 Å². The van der Waals surface area contributed by atoms with Crippen molar-refractivity contribution in [2.75, 3.05) is 25.5 Å². The van der Waals surface area contributed by atoms with Crippen LogP contribution in [-0.4, -0.2) is 35.1 Å². The molecule has 0 fully saturated rings. The average Bonchev–Trinajstić information content (AvgIpc) is 2.67. The number of carbonyl (C=O) groups excluding carboxylic acids is 1. The molecular formula is C19H24N2O5S. The highest BCUT2D eigenvalue weighted by Crippen LogP contribution is 2.30. The number of benzene rings is 2. The Morgan fingerprint density at radius 1 is 1.04 bits per heavy atom. The maximum Gasteiger partial charge on any atom is 0.262 e. The quantitative estimate of drug-likeness (QED) is 0.640. The second-order valence-electron chi connectivity index (χ2n) is 5.81. The third kappa shape index (κ3) is 5.37. The summed E-state index contributed by atoms with van der Waals surface area (Å²) in [4.78, 5) is 12.1. The molecule has 0 spiro atoms. The maximum atomic E-state index is 12.7. The van der Waals surface area contributed by atoms with Gasteiger partial charge in [0.05, 0.1) is 24.8 Å². The van der Waals surface area contributed by atoms with Crippen LogP contribution in [0.25, 0.3) is 0 Å². The smallest absolute Gasteiger partial charge is 0.262 e. The zero-order valence-electron chi connectivity index (χ0n) is 15.6. The molecule has 7 nitrogen and oxygen atoms in total. The van der Waals surface area contributed by atoms with Gasteiger partial charge in [0.25, 0.3) is 15.9 Å². The van der Waals surface area contributed by atoms with Gasteiger partial charge in [-0.1, -0.05) is 13.3 Å². The Balaban J connectivity index is 2.19. The summed E-state index contributed by atoms with van der Waals surface area (Å²) in [7, 11) is -0.911. The summed E-state index contributed by atoms with van der Waals surface area (Å²) in [6, 6.07) is 10.6. The third-order valence-electron chi connectivity index (χ3n) is 3.89. The molecule has 0 aromatic heterocycles. The fourth-order valence-electron chi connectivity index (χ4n) is 2.36. The maximum absolute atomic E-state index is 12.7. The van der Waals surface area contributed by atoms with Crippen LogP contribution in [0.2, 0.25) is 0 Å². The number of methoxy groups -OCH3 is 2. The summed E-state index contributed by atoms with van der Waals surface area (Å²) in [6.07, 6.45) is 1.88. The second kappa shape index (κ2) is 9.27. The lowest BCUT2D eigenvalue weighted by molar-refractivity contribution is 0.0953. The molecule has 0 bridgehead atoms. The highest BCUT2D eigenvalue weighted by atomic mass is 32.2. The fraction of sp³-hybridized carbons (Fsp3) is 0.316. The van der Waals surface area contributed by atoms with Gasteiger partial charge >= 0.3 is 0 Å². The monoisotopic (exact) mass is 392 g/mol. The van der Waals surface area contributed by atoms with E-state index in [1.807, 2.05) is 6.92 Å². The molecule has 0 radical (unpaired) electrons. The first-order valence-corrected chi connectivity index (χ1v) is 10.0. The van der Waals surface area contributed by atoms with Crippen LogP contribution in [0.15, 0.2) is 47.4 Å². The van der Waals surface area contributed by atoms with Crippen molar-refractivity contribution in [2.24, 2.45) is 0 Å². The van der Waals surface area contributed by atoms with Crippen molar-refractivity contribution in [1.29, 1.82) is 0 Å². The normalized spacial score (nSPS) is 10.9. The molecule has 0 aliphatic carbocycles. The summed E-state index contributed by atoms with van der Waals surface area (Å²) in [5.41, 5.74) is 0.669. The lowest BCUT2D eigenvalue weighted by Gasteiger charge is -2.13. The molecule has 2 aromatic carbocycles. The summed E-state index contributed by atoms with van der Waals surface area (Å²) in [5.74, 6) is 0.633. The molecule has 0 aliphatic heterocycles. The van der Waals surface area contributed by atoms with Gasteiger partial charge in [0, 0.05) is 18.2 Å². The van der Waals surface area contributed by atoms with Gasteiger partial charge in [0.1, 0.15) is 11.5 Å². The number of ether oxygens (including phenoxy) is 2. The summed E-state index contributed by atoms with van der Waals surface area (Å²) >= 11 is 0. The summed E-state index contributed by atoms with van der Waals surface area (Å²) in [5, 5.41) is 2.79. The first-order valence-electron chi connectivity index (χ1n) is 8.54. The number of hydrogen-bond donors (Lipinski definition) is 2. The van der Waals surface area contributed by atoms with E-state index in [-0.39, 0.29) is 16.5 Å². The summed E-state index contributed by atoms with van der Waals surface area (Å²) in [6.45, 7) is 2.63. The zero-order valence-corrected chi connectivity index (χ0v) is 16.4. The number of carbonyl (C=O) groups is 1. The van der Waals surface area contributed by atoms with Crippen molar-refractivity contribution in [1.82, 2.24) is 5.32 Å². The average molecular weight is 392 g/mol. The lowest BCUT2D eigenvalue weighted by atomic mass is 10.2. The van der Waals surface area contributed by atoms with E-state index in [1.165, 1.54) is 44.6 Å². The molecule has 0 heterocycles. The van der Waals surface area contributed by atoms with E-state index in [9.17, 15) is 13.2 Å². The predicted octanol–water partition coefficient (Wildman–Crippen LogP) is 3.03. The van der Waals surface area contributed by atoms with E-state index in [4.69, 9.17) is 9.47 Å². The number of unbranched alkanes of at least 4 members (excludes halogenated alkanes) is 1. The third-order valence-corrected chi connectivity index (χ3v) is 5.28. The fourth-order valence-corrected chi connectivity index (χ4v) is 3.43. The van der Waals surface area contributed by atoms with E-state index < -0.39 is 10.0 Å². The number of amides is 1. The van der Waals surface area contributed by atoms with Gasteiger partial charge in [-0.2, -0.15) is 0 Å². The van der Waals surface area contributed by atoms with E-state index >= 15 is 0 Å². The van der Waals surface area contributed by atoms with Gasteiger partial charge in [-0.25, -0.2) is 8.42 Å². The van der Waals surface area contributed by atoms with Gasteiger partial charge in [0.15, 0.2) is 0 Å². The van der Waals surface area contributed by atoms with Crippen LogP contribution in [0.5, 0.6) is 11.5 Å². The van der Waals surface area contributed by atoms with Gasteiger partial charge in [-0.05, 0) is 42.8 Å². The Hall–Kier alpha value is -2.74. The largest absolute Gasteiger partial charge is 0.497 e. The van der Waals surface area contributed by atoms with Gasteiger partial charge in [0.2, 0.25) is 0 Å². The van der Waals surface area contributed by atoms with E-state index in [1.54, 1.807) is 12.1 Å². The van der Waals surface area contributed by atoms with Crippen LogP contribution in [0, 0.1) is 0 Å². The van der Waals surface area contributed by atoms with Crippen molar-refractivity contribution in [3.8, 4) is 11.5 Å². The Kier molecular flexibility index (Phi) is 7.06. The molecule has 0 atom stereocenters. The van der Waals surface area contributed by atoms with Gasteiger partial charge < -0.3 is 14.8 Å². The molecule has 0 saturated carbocycles. The molecule has 2 aromatic rings. The standard InChI is InChI=1S/C19H24N2O5S/c1-4-5-12-20-19(22)14-6-9-16(10-7-14)27(23,24)21-17-13-15(25-2)8-11-18(17)26-3/h6-11,13,21H,4-5,12H2,1-3H3,(H,20,22). The molecule has 2 N–H and O–H groups in total. The van der Waals surface area contributed by atoms with Crippen molar-refractivity contribution in [2.45, 2.75) is 24.7 Å². The molecule has 0 aliphatic rings. The highest BCUT2D eigenvalue weighted by Gasteiger charge is 2.18. The summed E-state index contributed by atoms with van der Waals surface area (Å²) < 4.78 is 38.1. The van der Waals surface area contributed by atoms with E-state index in [0.717, 1.165) is 12.8 Å². The number of sulfonamides is 1. The molecule has 1 amide bonds. The number of hydrogen-bond acceptors (Lipinski definition) is 5. The molecule has 2 rings (SSSR count). The topological polar surface area (TPSA) is 93.7 Å². The van der Waals surface area contributed by atoms with Crippen LogP contribution in [0.3, 0.4) is 0 Å². The van der Waals surface area contributed by atoms with Crippen molar-refractivity contribution in [3.63, 3.8) is 0 Å².